The molecule has 1 aliphatic carbocycles. The van der Waals surface area contributed by atoms with Crippen molar-refractivity contribution in [3.63, 3.8) is 0 Å². The molecule has 2 aromatic rings. The van der Waals surface area contributed by atoms with E-state index in [1.165, 1.54) is 6.08 Å². The van der Waals surface area contributed by atoms with Crippen LogP contribution in [0.5, 0.6) is 0 Å². The highest BCUT2D eigenvalue weighted by atomic mass is 16.3. The Kier molecular flexibility index (Phi) is 6.97. The molecule has 0 unspecified atom stereocenters. The standard InChI is InChI=1S/C21H26N4O3/c26-19-12-17(21(28)22-11-10-16-13-23-24-14-16)7-8-18(19)25-20(27)9-6-15-4-2-1-3-5-15/h1-6,9,13-14,17-19,26H,7-8,10-12H2,(H,22,28)(H,23,24)(H,25,27)/b9-6+/t17-,18+,19+/m0/s1. The first-order valence-electron chi connectivity index (χ1n) is 9.59. The number of hydrogen-bond donors (Lipinski definition) is 4. The zero-order chi connectivity index (χ0) is 19.8. The summed E-state index contributed by atoms with van der Waals surface area (Å²) in [4.78, 5) is 24.4. The Labute approximate surface area is 164 Å². The molecule has 1 saturated carbocycles. The summed E-state index contributed by atoms with van der Waals surface area (Å²) in [6.07, 6.45) is 8.29. The maximum atomic E-state index is 12.3. The van der Waals surface area contributed by atoms with Crippen molar-refractivity contribution in [2.24, 2.45) is 5.92 Å². The van der Waals surface area contributed by atoms with Gasteiger partial charge in [-0.1, -0.05) is 30.3 Å². The van der Waals surface area contributed by atoms with Crippen LogP contribution in [0.25, 0.3) is 6.08 Å². The lowest BCUT2D eigenvalue weighted by Gasteiger charge is -2.32. The maximum Gasteiger partial charge on any atom is 0.244 e. The van der Waals surface area contributed by atoms with Crippen molar-refractivity contribution >= 4 is 17.9 Å². The number of H-pyrrole nitrogens is 1. The summed E-state index contributed by atoms with van der Waals surface area (Å²) in [5, 5.41) is 22.7. The first-order chi connectivity index (χ1) is 13.6. The highest BCUT2D eigenvalue weighted by molar-refractivity contribution is 5.92. The first-order valence-corrected chi connectivity index (χ1v) is 9.59. The van der Waals surface area contributed by atoms with Crippen LogP contribution < -0.4 is 10.6 Å². The molecule has 4 N–H and O–H groups in total. The number of rotatable bonds is 7. The lowest BCUT2D eigenvalue weighted by atomic mass is 9.83. The number of benzene rings is 1. The number of nitrogens with zero attached hydrogens (tertiary/aromatic N) is 1. The largest absolute Gasteiger partial charge is 0.391 e. The number of amides is 2. The summed E-state index contributed by atoms with van der Waals surface area (Å²) in [5.41, 5.74) is 1.98. The van der Waals surface area contributed by atoms with Gasteiger partial charge in [0.2, 0.25) is 11.8 Å². The SMILES string of the molecule is O=C(/C=C/c1ccccc1)N[C@@H]1CC[C@H](C(=O)NCCc2cn[nH]c2)C[C@H]1O. The fraction of sp³-hybridized carbons (Fsp3) is 0.381. The molecule has 3 atom stereocenters. The molecule has 0 aliphatic heterocycles. The van der Waals surface area contributed by atoms with E-state index in [0.717, 1.165) is 11.1 Å². The second kappa shape index (κ2) is 9.85. The predicted octanol–water partition coefficient (Wildman–Crippen LogP) is 1.43. The molecular formula is C21H26N4O3. The monoisotopic (exact) mass is 382 g/mol. The highest BCUT2D eigenvalue weighted by Gasteiger charge is 2.33. The van der Waals surface area contributed by atoms with Crippen molar-refractivity contribution in [2.45, 2.75) is 37.8 Å². The van der Waals surface area contributed by atoms with E-state index in [-0.39, 0.29) is 23.8 Å². The Morgan fingerprint density at radius 3 is 2.79 bits per heavy atom. The summed E-state index contributed by atoms with van der Waals surface area (Å²) < 4.78 is 0. The van der Waals surface area contributed by atoms with Crippen LogP contribution in [0, 0.1) is 5.92 Å². The number of aromatic amines is 1. The number of nitrogens with one attached hydrogen (secondary N) is 3. The Balaban J connectivity index is 1.40. The molecule has 1 heterocycles. The van der Waals surface area contributed by atoms with Gasteiger partial charge in [-0.3, -0.25) is 14.7 Å². The molecule has 28 heavy (non-hydrogen) atoms. The summed E-state index contributed by atoms with van der Waals surface area (Å²) in [5.74, 6) is -0.514. The molecule has 1 aromatic heterocycles. The lowest BCUT2D eigenvalue weighted by Crippen LogP contribution is -2.48. The number of carbonyl (C=O) groups excluding carboxylic acids is 2. The van der Waals surface area contributed by atoms with E-state index in [9.17, 15) is 14.7 Å². The summed E-state index contributed by atoms with van der Waals surface area (Å²) in [7, 11) is 0. The minimum atomic E-state index is -0.729. The van der Waals surface area contributed by atoms with Gasteiger partial charge in [-0.25, -0.2) is 0 Å². The summed E-state index contributed by atoms with van der Waals surface area (Å²) >= 11 is 0. The number of carbonyl (C=O) groups is 2. The van der Waals surface area contributed by atoms with E-state index in [0.29, 0.717) is 32.2 Å². The van der Waals surface area contributed by atoms with Gasteiger partial charge in [0.25, 0.3) is 0 Å². The minimum Gasteiger partial charge on any atom is -0.391 e. The molecule has 0 spiro atoms. The van der Waals surface area contributed by atoms with Crippen molar-refractivity contribution in [1.29, 1.82) is 0 Å². The molecule has 148 valence electrons. The van der Waals surface area contributed by atoms with Crippen molar-refractivity contribution in [3.05, 3.63) is 59.9 Å². The Bertz CT molecular complexity index is 789. The lowest BCUT2D eigenvalue weighted by molar-refractivity contribution is -0.127. The molecule has 0 bridgehead atoms. The highest BCUT2D eigenvalue weighted by Crippen LogP contribution is 2.25. The maximum absolute atomic E-state index is 12.3. The van der Waals surface area contributed by atoms with Crippen LogP contribution in [0.15, 0.2) is 48.8 Å². The van der Waals surface area contributed by atoms with E-state index in [2.05, 4.69) is 20.8 Å². The average Bonchev–Trinajstić information content (AvgIpc) is 3.22. The fourth-order valence-corrected chi connectivity index (χ4v) is 3.41. The van der Waals surface area contributed by atoms with Crippen LogP contribution in [0.2, 0.25) is 0 Å². The second-order valence-electron chi connectivity index (χ2n) is 7.08. The minimum absolute atomic E-state index is 0.0451. The molecule has 7 nitrogen and oxygen atoms in total. The van der Waals surface area contributed by atoms with Gasteiger partial charge < -0.3 is 15.7 Å². The van der Waals surface area contributed by atoms with E-state index in [1.54, 1.807) is 18.5 Å². The van der Waals surface area contributed by atoms with Gasteiger partial charge in [0.05, 0.1) is 18.3 Å². The van der Waals surface area contributed by atoms with Crippen molar-refractivity contribution in [3.8, 4) is 0 Å². The average molecular weight is 382 g/mol. The smallest absolute Gasteiger partial charge is 0.244 e. The van der Waals surface area contributed by atoms with E-state index < -0.39 is 6.10 Å². The normalized spacial score (nSPS) is 22.1. The number of aromatic nitrogens is 2. The molecule has 0 saturated heterocycles. The molecular weight excluding hydrogens is 356 g/mol. The number of hydrogen-bond acceptors (Lipinski definition) is 4. The number of aliphatic hydroxyl groups excluding tert-OH is 1. The van der Waals surface area contributed by atoms with Crippen molar-refractivity contribution in [2.75, 3.05) is 6.54 Å². The topological polar surface area (TPSA) is 107 Å². The van der Waals surface area contributed by atoms with Crippen LogP contribution in [0.1, 0.15) is 30.4 Å². The third kappa shape index (κ3) is 5.79. The van der Waals surface area contributed by atoms with Gasteiger partial charge in [-0.2, -0.15) is 5.10 Å². The molecule has 1 fully saturated rings. The van der Waals surface area contributed by atoms with E-state index in [4.69, 9.17) is 0 Å². The summed E-state index contributed by atoms with van der Waals surface area (Å²) in [6.45, 7) is 0.537. The Hall–Kier alpha value is -2.93. The van der Waals surface area contributed by atoms with Crippen molar-refractivity contribution < 1.29 is 14.7 Å². The number of aliphatic hydroxyl groups is 1. The fourth-order valence-electron chi connectivity index (χ4n) is 3.41. The quantitative estimate of drug-likeness (QED) is 0.543. The van der Waals surface area contributed by atoms with Gasteiger partial charge in [-0.05, 0) is 42.9 Å². The molecule has 3 rings (SSSR count). The van der Waals surface area contributed by atoms with Gasteiger partial charge in [0, 0.05) is 24.7 Å². The van der Waals surface area contributed by atoms with E-state index >= 15 is 0 Å². The predicted molar refractivity (Wildman–Crippen MR) is 106 cm³/mol. The van der Waals surface area contributed by atoms with Crippen LogP contribution in [0.3, 0.4) is 0 Å². The third-order valence-electron chi connectivity index (χ3n) is 5.01. The van der Waals surface area contributed by atoms with Gasteiger partial charge >= 0.3 is 0 Å². The van der Waals surface area contributed by atoms with Gasteiger partial charge in [0.1, 0.15) is 0 Å². The zero-order valence-corrected chi connectivity index (χ0v) is 15.7. The molecule has 7 heteroatoms. The Morgan fingerprint density at radius 2 is 2.07 bits per heavy atom. The molecule has 2 amide bonds. The van der Waals surface area contributed by atoms with Gasteiger partial charge in [0.15, 0.2) is 0 Å². The van der Waals surface area contributed by atoms with E-state index in [1.807, 2.05) is 30.3 Å². The van der Waals surface area contributed by atoms with Crippen LogP contribution in [0.4, 0.5) is 0 Å². The molecule has 1 aromatic carbocycles. The van der Waals surface area contributed by atoms with Crippen molar-refractivity contribution in [1.82, 2.24) is 20.8 Å². The molecule has 0 radical (unpaired) electrons. The first kappa shape index (κ1) is 19.8. The Morgan fingerprint density at radius 1 is 1.25 bits per heavy atom. The summed E-state index contributed by atoms with van der Waals surface area (Å²) in [6, 6.07) is 9.22. The van der Waals surface area contributed by atoms with Crippen LogP contribution in [-0.4, -0.2) is 45.8 Å². The molecule has 1 aliphatic rings. The third-order valence-corrected chi connectivity index (χ3v) is 5.01. The zero-order valence-electron chi connectivity index (χ0n) is 15.7. The van der Waals surface area contributed by atoms with Gasteiger partial charge in [-0.15, -0.1) is 0 Å². The van der Waals surface area contributed by atoms with Crippen LogP contribution in [-0.2, 0) is 16.0 Å². The van der Waals surface area contributed by atoms with Crippen LogP contribution >= 0.6 is 0 Å². The second-order valence-corrected chi connectivity index (χ2v) is 7.08.